The van der Waals surface area contributed by atoms with E-state index in [1.807, 2.05) is 6.07 Å². The summed E-state index contributed by atoms with van der Waals surface area (Å²) in [6.45, 7) is 5.38. The second-order valence-corrected chi connectivity index (χ2v) is 6.63. The Morgan fingerprint density at radius 1 is 1.31 bits per heavy atom. The number of guanidine groups is 1. The lowest BCUT2D eigenvalue weighted by atomic mass is 10.2. The van der Waals surface area contributed by atoms with Crippen molar-refractivity contribution in [1.82, 2.24) is 30.8 Å². The quantitative estimate of drug-likeness (QED) is 0.281. The lowest BCUT2D eigenvalue weighted by Gasteiger charge is -2.09. The van der Waals surface area contributed by atoms with Gasteiger partial charge in [-0.1, -0.05) is 13.8 Å². The number of aliphatic imine (C=N–C) groups is 1. The summed E-state index contributed by atoms with van der Waals surface area (Å²) in [6.07, 6.45) is 1.60. The van der Waals surface area contributed by atoms with E-state index in [-0.39, 0.29) is 24.0 Å². The van der Waals surface area contributed by atoms with Crippen molar-refractivity contribution < 1.29 is 4.42 Å². The largest absolute Gasteiger partial charge is 0.461 e. The molecular formula is C16H22IN7OS. The third-order valence-corrected chi connectivity index (χ3v) is 4.36. The van der Waals surface area contributed by atoms with Gasteiger partial charge < -0.3 is 15.1 Å². The Hall–Kier alpha value is -1.95. The second-order valence-electron chi connectivity index (χ2n) is 5.68. The summed E-state index contributed by atoms with van der Waals surface area (Å²) < 4.78 is 5.28. The minimum absolute atomic E-state index is 0. The van der Waals surface area contributed by atoms with Gasteiger partial charge in [0, 0.05) is 12.4 Å². The number of thiazole rings is 1. The first-order valence-corrected chi connectivity index (χ1v) is 8.87. The van der Waals surface area contributed by atoms with Crippen molar-refractivity contribution in [2.24, 2.45) is 4.99 Å². The molecule has 10 heteroatoms. The fourth-order valence-corrected chi connectivity index (χ4v) is 3.00. The summed E-state index contributed by atoms with van der Waals surface area (Å²) in [4.78, 5) is 13.2. The maximum atomic E-state index is 5.28. The molecule has 0 bridgehead atoms. The van der Waals surface area contributed by atoms with Crippen LogP contribution < -0.4 is 10.6 Å². The van der Waals surface area contributed by atoms with Crippen molar-refractivity contribution >= 4 is 41.3 Å². The number of hydrogen-bond donors (Lipinski definition) is 3. The van der Waals surface area contributed by atoms with E-state index < -0.39 is 0 Å². The molecule has 0 unspecified atom stereocenters. The summed E-state index contributed by atoms with van der Waals surface area (Å²) in [6, 6.07) is 3.62. The standard InChI is InChI=1S/C16H21N7OS.HI/c1-10(2)11-9-25-14(20-11)8-19-16(17-3)18-7-13-21-15(23-22-13)12-5-4-6-24-12;/h4-6,9-10H,7-8H2,1-3H3,(H2,17,18,19)(H,21,22,23);1H. The highest BCUT2D eigenvalue weighted by atomic mass is 127. The monoisotopic (exact) mass is 487 g/mol. The third-order valence-electron chi connectivity index (χ3n) is 3.49. The number of nitrogens with zero attached hydrogens (tertiary/aromatic N) is 4. The molecule has 3 aromatic heterocycles. The molecule has 0 aliphatic carbocycles. The van der Waals surface area contributed by atoms with Crippen LogP contribution in [0.5, 0.6) is 0 Å². The lowest BCUT2D eigenvalue weighted by Crippen LogP contribution is -2.36. The lowest BCUT2D eigenvalue weighted by molar-refractivity contribution is 0.577. The Bertz CT molecular complexity index is 825. The van der Waals surface area contributed by atoms with Crippen LogP contribution in [-0.2, 0) is 13.1 Å². The number of nitrogens with one attached hydrogen (secondary N) is 3. The van der Waals surface area contributed by atoms with Crippen molar-refractivity contribution in [3.8, 4) is 11.6 Å². The van der Waals surface area contributed by atoms with Gasteiger partial charge in [0.1, 0.15) is 10.8 Å². The zero-order valence-electron chi connectivity index (χ0n) is 14.8. The van der Waals surface area contributed by atoms with E-state index in [0.717, 1.165) is 10.7 Å². The van der Waals surface area contributed by atoms with E-state index >= 15 is 0 Å². The molecule has 0 atom stereocenters. The van der Waals surface area contributed by atoms with Crippen LogP contribution in [0.15, 0.2) is 33.2 Å². The van der Waals surface area contributed by atoms with Gasteiger partial charge in [0.25, 0.3) is 0 Å². The second kappa shape index (κ2) is 9.67. The Morgan fingerprint density at radius 2 is 2.12 bits per heavy atom. The first-order valence-electron chi connectivity index (χ1n) is 7.99. The van der Waals surface area contributed by atoms with Crippen molar-refractivity contribution in [3.05, 3.63) is 40.3 Å². The molecule has 140 valence electrons. The van der Waals surface area contributed by atoms with Crippen LogP contribution in [0.25, 0.3) is 11.6 Å². The molecule has 26 heavy (non-hydrogen) atoms. The molecule has 3 heterocycles. The molecule has 0 saturated carbocycles. The van der Waals surface area contributed by atoms with E-state index in [0.29, 0.717) is 42.4 Å². The van der Waals surface area contributed by atoms with Gasteiger partial charge in [-0.3, -0.25) is 10.1 Å². The average Bonchev–Trinajstić information content (AvgIpc) is 3.35. The molecule has 0 amide bonds. The highest BCUT2D eigenvalue weighted by Crippen LogP contribution is 2.17. The Labute approximate surface area is 173 Å². The molecule has 0 fully saturated rings. The Morgan fingerprint density at radius 3 is 2.77 bits per heavy atom. The minimum Gasteiger partial charge on any atom is -0.461 e. The fraction of sp³-hybridized carbons (Fsp3) is 0.375. The summed E-state index contributed by atoms with van der Waals surface area (Å²) >= 11 is 1.65. The zero-order valence-corrected chi connectivity index (χ0v) is 18.0. The molecule has 8 nitrogen and oxygen atoms in total. The van der Waals surface area contributed by atoms with Gasteiger partial charge >= 0.3 is 0 Å². The number of furan rings is 1. The fourth-order valence-electron chi connectivity index (χ4n) is 2.11. The van der Waals surface area contributed by atoms with Crippen molar-refractivity contribution in [2.75, 3.05) is 7.05 Å². The normalized spacial score (nSPS) is 11.5. The molecule has 0 saturated heterocycles. The first-order chi connectivity index (χ1) is 12.2. The third kappa shape index (κ3) is 5.27. The van der Waals surface area contributed by atoms with Gasteiger partial charge in [0.2, 0.25) is 5.82 Å². The van der Waals surface area contributed by atoms with Crippen molar-refractivity contribution in [1.29, 1.82) is 0 Å². The molecule has 0 radical (unpaired) electrons. The van der Waals surface area contributed by atoms with Crippen LogP contribution in [0.4, 0.5) is 0 Å². The molecule has 3 rings (SSSR count). The minimum atomic E-state index is 0. The number of aromatic nitrogens is 4. The van der Waals surface area contributed by atoms with E-state index in [1.165, 1.54) is 0 Å². The van der Waals surface area contributed by atoms with Gasteiger partial charge in [-0.15, -0.1) is 40.4 Å². The Kier molecular flexibility index (Phi) is 7.57. The van der Waals surface area contributed by atoms with Gasteiger partial charge in [-0.05, 0) is 18.1 Å². The smallest absolute Gasteiger partial charge is 0.216 e. The highest BCUT2D eigenvalue weighted by Gasteiger charge is 2.09. The zero-order chi connectivity index (χ0) is 17.6. The van der Waals surface area contributed by atoms with Crippen LogP contribution in [-0.4, -0.2) is 33.2 Å². The summed E-state index contributed by atoms with van der Waals surface area (Å²) in [5, 5.41) is 16.6. The number of rotatable bonds is 6. The molecule has 0 spiro atoms. The molecule has 0 aliphatic rings. The first kappa shape index (κ1) is 20.4. The number of H-pyrrole nitrogens is 1. The number of halogens is 1. The van der Waals surface area contributed by atoms with Gasteiger partial charge in [-0.25, -0.2) is 9.97 Å². The predicted octanol–water partition coefficient (Wildman–Crippen LogP) is 3.13. The topological polar surface area (TPSA) is 104 Å². The highest BCUT2D eigenvalue weighted by molar-refractivity contribution is 14.0. The van der Waals surface area contributed by atoms with Gasteiger partial charge in [-0.2, -0.15) is 0 Å². The molecule has 0 aliphatic heterocycles. The maximum absolute atomic E-state index is 5.28. The number of aromatic amines is 1. The molecule has 3 aromatic rings. The summed E-state index contributed by atoms with van der Waals surface area (Å²) in [7, 11) is 1.73. The summed E-state index contributed by atoms with van der Waals surface area (Å²) in [5.41, 5.74) is 1.12. The molecule has 0 aromatic carbocycles. The van der Waals surface area contributed by atoms with Crippen molar-refractivity contribution in [2.45, 2.75) is 32.9 Å². The van der Waals surface area contributed by atoms with Crippen LogP contribution in [0.2, 0.25) is 0 Å². The van der Waals surface area contributed by atoms with Gasteiger partial charge in [0.15, 0.2) is 11.7 Å². The van der Waals surface area contributed by atoms with E-state index in [2.05, 4.69) is 55.0 Å². The average molecular weight is 487 g/mol. The van der Waals surface area contributed by atoms with E-state index in [9.17, 15) is 0 Å². The summed E-state index contributed by atoms with van der Waals surface area (Å²) in [5.74, 6) is 2.99. The molecule has 3 N–H and O–H groups in total. The Balaban J connectivity index is 0.00000243. The van der Waals surface area contributed by atoms with Gasteiger partial charge in [0.05, 0.1) is 25.0 Å². The van der Waals surface area contributed by atoms with E-state index in [4.69, 9.17) is 4.42 Å². The number of hydrogen-bond acceptors (Lipinski definition) is 6. The van der Waals surface area contributed by atoms with Crippen LogP contribution in [0.1, 0.15) is 36.3 Å². The van der Waals surface area contributed by atoms with Crippen LogP contribution >= 0.6 is 35.3 Å². The van der Waals surface area contributed by atoms with Crippen LogP contribution in [0, 0.1) is 0 Å². The van der Waals surface area contributed by atoms with Crippen molar-refractivity contribution in [3.63, 3.8) is 0 Å². The van der Waals surface area contributed by atoms with Crippen LogP contribution in [0.3, 0.4) is 0 Å². The van der Waals surface area contributed by atoms with E-state index in [1.54, 1.807) is 30.7 Å². The SMILES string of the molecule is CN=C(NCc1nc(-c2ccco2)n[nH]1)NCc1nc(C(C)C)cs1.I. The maximum Gasteiger partial charge on any atom is 0.216 e. The molecular weight excluding hydrogens is 465 g/mol. The predicted molar refractivity (Wildman–Crippen MR) is 113 cm³/mol.